The van der Waals surface area contributed by atoms with E-state index in [1.165, 1.54) is 28.9 Å². The van der Waals surface area contributed by atoms with Gasteiger partial charge in [-0.05, 0) is 42.8 Å². The summed E-state index contributed by atoms with van der Waals surface area (Å²) in [7, 11) is 0. The van der Waals surface area contributed by atoms with Gasteiger partial charge in [0.05, 0.1) is 23.4 Å². The number of para-hydroxylation sites is 1. The zero-order chi connectivity index (χ0) is 27.9. The molecule has 0 radical (unpaired) electrons. The third-order valence-electron chi connectivity index (χ3n) is 6.21. The van der Waals surface area contributed by atoms with Crippen molar-refractivity contribution in [1.82, 2.24) is 29.1 Å². The molecule has 2 atom stereocenters. The maximum atomic E-state index is 13.2. The highest BCUT2D eigenvalue weighted by Crippen LogP contribution is 2.27. The number of benzene rings is 2. The van der Waals surface area contributed by atoms with Crippen molar-refractivity contribution >= 4 is 29.2 Å². The fraction of sp³-hybridized carbons (Fsp3) is 0.333. The van der Waals surface area contributed by atoms with Gasteiger partial charge in [-0.3, -0.25) is 4.57 Å². The molecule has 5 rings (SSSR count). The van der Waals surface area contributed by atoms with Gasteiger partial charge in [-0.25, -0.2) is 9.48 Å². The van der Waals surface area contributed by atoms with Crippen LogP contribution in [-0.4, -0.2) is 70.8 Å². The van der Waals surface area contributed by atoms with Gasteiger partial charge < -0.3 is 15.1 Å². The lowest BCUT2D eigenvalue weighted by Gasteiger charge is -2.17. The molecule has 206 valence electrons. The molecule has 0 bridgehead atoms. The molecule has 4 aromatic rings. The Morgan fingerprint density at radius 3 is 2.44 bits per heavy atom. The average molecular weight is 584 g/mol. The number of β-amino-alcohol motifs (C(OH)–C–C–N with tert-alkyl or cyclic N) is 1. The Bertz CT molecular complexity index is 1540. The maximum Gasteiger partial charge on any atom is 0.416 e. The van der Waals surface area contributed by atoms with E-state index in [0.717, 1.165) is 9.25 Å². The van der Waals surface area contributed by atoms with Crippen LogP contribution in [0, 0.1) is 0 Å². The Morgan fingerprint density at radius 1 is 1.08 bits per heavy atom. The van der Waals surface area contributed by atoms with Crippen molar-refractivity contribution in [3.05, 3.63) is 74.9 Å². The average Bonchev–Trinajstić information content (AvgIpc) is 3.58. The highest BCUT2D eigenvalue weighted by Gasteiger charge is 2.39. The monoisotopic (exact) mass is 583 g/mol. The van der Waals surface area contributed by atoms with Crippen LogP contribution in [0.25, 0.3) is 17.1 Å². The van der Waals surface area contributed by atoms with Gasteiger partial charge in [-0.2, -0.15) is 22.8 Å². The molecule has 10 nitrogen and oxygen atoms in total. The molecule has 1 saturated heterocycles. The Kier molecular flexibility index (Phi) is 7.42. The van der Waals surface area contributed by atoms with Gasteiger partial charge >= 0.3 is 11.9 Å². The second kappa shape index (κ2) is 10.6. The van der Waals surface area contributed by atoms with Crippen molar-refractivity contribution < 1.29 is 23.4 Å². The molecule has 1 aliphatic rings. The van der Waals surface area contributed by atoms with E-state index in [1.54, 1.807) is 24.3 Å². The highest BCUT2D eigenvalue weighted by molar-refractivity contribution is 6.32. The van der Waals surface area contributed by atoms with Crippen molar-refractivity contribution in [3.8, 4) is 17.1 Å². The first-order valence-corrected chi connectivity index (χ1v) is 12.6. The van der Waals surface area contributed by atoms with E-state index in [-0.39, 0.29) is 18.2 Å². The first-order valence-electron chi connectivity index (χ1n) is 11.8. The zero-order valence-corrected chi connectivity index (χ0v) is 21.6. The molecule has 1 unspecified atom stereocenters. The van der Waals surface area contributed by atoms with Crippen LogP contribution in [0.2, 0.25) is 10.0 Å². The van der Waals surface area contributed by atoms with E-state index in [2.05, 4.69) is 15.2 Å². The summed E-state index contributed by atoms with van der Waals surface area (Å²) < 4.78 is 42.7. The fourth-order valence-corrected chi connectivity index (χ4v) is 4.60. The second-order valence-electron chi connectivity index (χ2n) is 9.02. The highest BCUT2D eigenvalue weighted by atomic mass is 35.5. The molecule has 0 saturated carbocycles. The number of aliphatic hydroxyl groups is 2. The molecular formula is C24H22Cl2F3N7O3. The standard InChI is InChI=1S/C24H22Cl2F3N7O3/c25-15-7-5-14(6-8-15)21-32-35(23(39)34(21)12-19(38)24(27,28)29)13-20-30-22(33-10-9-16(37)11-33)36(31-20)18-4-2-1-3-17(18)26/h1-8,16,19,37-38H,9-13H2/t16?,19-/m0/s1. The van der Waals surface area contributed by atoms with Crippen LogP contribution in [0.3, 0.4) is 0 Å². The van der Waals surface area contributed by atoms with Crippen LogP contribution in [0.1, 0.15) is 12.2 Å². The first kappa shape index (κ1) is 27.2. The van der Waals surface area contributed by atoms with Crippen molar-refractivity contribution in [2.24, 2.45) is 0 Å². The minimum Gasteiger partial charge on any atom is -0.391 e. The Balaban J connectivity index is 1.56. The summed E-state index contributed by atoms with van der Waals surface area (Å²) in [6.45, 7) is -0.518. The number of aliphatic hydroxyl groups excluding tert-OH is 2. The molecule has 3 heterocycles. The predicted molar refractivity (Wildman–Crippen MR) is 137 cm³/mol. The maximum absolute atomic E-state index is 13.2. The lowest BCUT2D eigenvalue weighted by molar-refractivity contribution is -0.207. The molecule has 39 heavy (non-hydrogen) atoms. The number of rotatable bonds is 7. The number of anilines is 1. The molecule has 0 amide bonds. The fourth-order valence-electron chi connectivity index (χ4n) is 4.26. The van der Waals surface area contributed by atoms with Gasteiger partial charge in [0.15, 0.2) is 17.8 Å². The third kappa shape index (κ3) is 5.66. The van der Waals surface area contributed by atoms with Crippen molar-refractivity contribution in [2.45, 2.75) is 37.9 Å². The molecule has 0 aliphatic carbocycles. The molecule has 2 aromatic heterocycles. The molecule has 2 aromatic carbocycles. The molecule has 15 heteroatoms. The summed E-state index contributed by atoms with van der Waals surface area (Å²) in [5.41, 5.74) is -0.0521. The number of aromatic nitrogens is 6. The van der Waals surface area contributed by atoms with E-state index in [0.29, 0.717) is 46.8 Å². The van der Waals surface area contributed by atoms with E-state index in [9.17, 15) is 28.2 Å². The van der Waals surface area contributed by atoms with Crippen molar-refractivity contribution in [1.29, 1.82) is 0 Å². The van der Waals surface area contributed by atoms with Crippen LogP contribution >= 0.6 is 23.2 Å². The minimum atomic E-state index is -4.94. The topological polar surface area (TPSA) is 114 Å². The van der Waals surface area contributed by atoms with Gasteiger partial charge in [-0.1, -0.05) is 35.3 Å². The predicted octanol–water partition coefficient (Wildman–Crippen LogP) is 3.14. The van der Waals surface area contributed by atoms with Gasteiger partial charge in [0, 0.05) is 23.7 Å². The summed E-state index contributed by atoms with van der Waals surface area (Å²) >= 11 is 12.3. The number of hydrogen-bond acceptors (Lipinski definition) is 7. The van der Waals surface area contributed by atoms with E-state index < -0.39 is 30.6 Å². The first-order chi connectivity index (χ1) is 18.5. The molecule has 1 aliphatic heterocycles. The normalized spacial score (nSPS) is 16.7. The Morgan fingerprint density at radius 2 is 1.79 bits per heavy atom. The second-order valence-corrected chi connectivity index (χ2v) is 9.86. The lowest BCUT2D eigenvalue weighted by atomic mass is 10.2. The minimum absolute atomic E-state index is 0.0895. The van der Waals surface area contributed by atoms with Crippen LogP contribution in [0.15, 0.2) is 53.3 Å². The molecule has 2 N–H and O–H groups in total. The summed E-state index contributed by atoms with van der Waals surface area (Å²) in [6, 6.07) is 13.0. The summed E-state index contributed by atoms with van der Waals surface area (Å²) in [5.74, 6) is 0.429. The zero-order valence-electron chi connectivity index (χ0n) is 20.1. The van der Waals surface area contributed by atoms with E-state index in [4.69, 9.17) is 23.2 Å². The molecule has 0 spiro atoms. The largest absolute Gasteiger partial charge is 0.416 e. The molecule has 1 fully saturated rings. The third-order valence-corrected chi connectivity index (χ3v) is 6.78. The van der Waals surface area contributed by atoms with Crippen LogP contribution in [0.5, 0.6) is 0 Å². The van der Waals surface area contributed by atoms with Gasteiger partial charge in [0.1, 0.15) is 6.54 Å². The smallest absolute Gasteiger partial charge is 0.391 e. The number of alkyl halides is 3. The van der Waals surface area contributed by atoms with Gasteiger partial charge in [0.2, 0.25) is 5.95 Å². The number of nitrogens with zero attached hydrogens (tertiary/aromatic N) is 7. The lowest BCUT2D eigenvalue weighted by Crippen LogP contribution is -2.37. The Labute approximate surface area is 229 Å². The summed E-state index contributed by atoms with van der Waals surface area (Å²) in [4.78, 5) is 19.6. The molecular weight excluding hydrogens is 562 g/mol. The van der Waals surface area contributed by atoms with Crippen LogP contribution < -0.4 is 10.6 Å². The SMILES string of the molecule is O=c1n(Cc2nc(N3CCC(O)C3)n(-c3ccccc3Cl)n2)nc(-c2ccc(Cl)cc2)n1C[C@H](O)C(F)(F)F. The van der Waals surface area contributed by atoms with Crippen LogP contribution in [-0.2, 0) is 13.1 Å². The van der Waals surface area contributed by atoms with Gasteiger partial charge in [-0.15, -0.1) is 10.2 Å². The summed E-state index contributed by atoms with van der Waals surface area (Å²) in [5, 5.41) is 29.3. The summed E-state index contributed by atoms with van der Waals surface area (Å²) in [6.07, 6.45) is -7.75. The number of hydrogen-bond donors (Lipinski definition) is 2. The quantitative estimate of drug-likeness (QED) is 0.343. The van der Waals surface area contributed by atoms with E-state index >= 15 is 0 Å². The van der Waals surface area contributed by atoms with Crippen molar-refractivity contribution in [2.75, 3.05) is 18.0 Å². The van der Waals surface area contributed by atoms with Gasteiger partial charge in [0.25, 0.3) is 0 Å². The number of halogens is 5. The van der Waals surface area contributed by atoms with Crippen molar-refractivity contribution in [3.63, 3.8) is 0 Å². The van der Waals surface area contributed by atoms with E-state index in [1.807, 2.05) is 4.90 Å². The van der Waals surface area contributed by atoms with Crippen LogP contribution in [0.4, 0.5) is 19.1 Å². The Hall–Kier alpha value is -3.39.